The molecular formula is C15H17N3O3. The van der Waals surface area contributed by atoms with Crippen molar-refractivity contribution in [3.8, 4) is 0 Å². The molecule has 0 aromatic carbocycles. The molecule has 6 heteroatoms. The van der Waals surface area contributed by atoms with E-state index in [9.17, 15) is 9.59 Å². The Bertz CT molecular complexity index is 655. The van der Waals surface area contributed by atoms with E-state index in [0.717, 1.165) is 25.4 Å². The Balaban J connectivity index is 1.59. The molecule has 1 saturated heterocycles. The zero-order valence-corrected chi connectivity index (χ0v) is 11.6. The molecule has 1 N–H and O–H groups in total. The summed E-state index contributed by atoms with van der Waals surface area (Å²) in [6.45, 7) is 3.54. The molecule has 2 aromatic rings. The number of pyridine rings is 1. The Morgan fingerprint density at radius 2 is 2.05 bits per heavy atom. The van der Waals surface area contributed by atoms with Gasteiger partial charge in [0.2, 0.25) is 0 Å². The number of hydrogen-bond acceptors (Lipinski definition) is 4. The monoisotopic (exact) mass is 287 g/mol. The van der Waals surface area contributed by atoms with E-state index in [-0.39, 0.29) is 16.9 Å². The zero-order valence-electron chi connectivity index (χ0n) is 11.6. The van der Waals surface area contributed by atoms with Crippen molar-refractivity contribution < 1.29 is 9.21 Å². The molecule has 1 aliphatic rings. The summed E-state index contributed by atoms with van der Waals surface area (Å²) in [7, 11) is 0. The Morgan fingerprint density at radius 1 is 1.24 bits per heavy atom. The van der Waals surface area contributed by atoms with Crippen molar-refractivity contribution in [2.75, 3.05) is 26.2 Å². The van der Waals surface area contributed by atoms with Crippen molar-refractivity contribution in [3.05, 3.63) is 58.4 Å². The standard InChI is InChI=1S/C15H17N3O3/c19-14-3-4-16-10-13(14)15(20)18-7-5-17(6-8-18)11-12-2-1-9-21-12/h1-4,9-10H,5-8,11H2,(H,16,19). The predicted octanol–water partition coefficient (Wildman–Crippen LogP) is 0.926. The van der Waals surface area contributed by atoms with Crippen LogP contribution in [0.5, 0.6) is 0 Å². The van der Waals surface area contributed by atoms with Gasteiger partial charge in [0.05, 0.1) is 12.8 Å². The molecule has 6 nitrogen and oxygen atoms in total. The largest absolute Gasteiger partial charge is 0.468 e. The van der Waals surface area contributed by atoms with Crippen molar-refractivity contribution in [1.29, 1.82) is 0 Å². The molecule has 3 rings (SSSR count). The summed E-state index contributed by atoms with van der Waals surface area (Å²) < 4.78 is 5.33. The fourth-order valence-corrected chi connectivity index (χ4v) is 2.49. The highest BCUT2D eigenvalue weighted by Crippen LogP contribution is 2.10. The average molecular weight is 287 g/mol. The van der Waals surface area contributed by atoms with Gasteiger partial charge >= 0.3 is 0 Å². The molecule has 3 heterocycles. The number of rotatable bonds is 3. The molecule has 0 bridgehead atoms. The van der Waals surface area contributed by atoms with E-state index in [1.807, 2.05) is 12.1 Å². The van der Waals surface area contributed by atoms with E-state index in [0.29, 0.717) is 13.1 Å². The minimum absolute atomic E-state index is 0.200. The summed E-state index contributed by atoms with van der Waals surface area (Å²) >= 11 is 0. The fourth-order valence-electron chi connectivity index (χ4n) is 2.49. The van der Waals surface area contributed by atoms with Crippen LogP contribution in [-0.2, 0) is 6.54 Å². The predicted molar refractivity (Wildman–Crippen MR) is 77.0 cm³/mol. The highest BCUT2D eigenvalue weighted by atomic mass is 16.3. The van der Waals surface area contributed by atoms with Crippen LogP contribution in [0.1, 0.15) is 16.1 Å². The van der Waals surface area contributed by atoms with Gasteiger partial charge in [-0.25, -0.2) is 0 Å². The number of aromatic amines is 1. The summed E-state index contributed by atoms with van der Waals surface area (Å²) in [5.41, 5.74) is -0.0336. The Hall–Kier alpha value is -2.34. The van der Waals surface area contributed by atoms with Crippen LogP contribution in [0.2, 0.25) is 0 Å². The first-order chi connectivity index (χ1) is 10.2. The van der Waals surface area contributed by atoms with Gasteiger partial charge in [0.1, 0.15) is 11.3 Å². The van der Waals surface area contributed by atoms with Crippen molar-refractivity contribution in [1.82, 2.24) is 14.8 Å². The first kappa shape index (κ1) is 13.6. The van der Waals surface area contributed by atoms with E-state index < -0.39 is 0 Å². The highest BCUT2D eigenvalue weighted by Gasteiger charge is 2.23. The molecule has 0 atom stereocenters. The molecule has 21 heavy (non-hydrogen) atoms. The van der Waals surface area contributed by atoms with Gasteiger partial charge in [-0.15, -0.1) is 0 Å². The summed E-state index contributed by atoms with van der Waals surface area (Å²) in [5.74, 6) is 0.726. The van der Waals surface area contributed by atoms with E-state index in [2.05, 4.69) is 9.88 Å². The third-order valence-corrected chi connectivity index (χ3v) is 3.67. The second kappa shape index (κ2) is 5.97. The second-order valence-electron chi connectivity index (χ2n) is 5.07. The summed E-state index contributed by atoms with van der Waals surface area (Å²) in [6, 6.07) is 5.19. The molecule has 0 spiro atoms. The van der Waals surface area contributed by atoms with Crippen molar-refractivity contribution in [2.45, 2.75) is 6.54 Å². The normalized spacial score (nSPS) is 16.1. The average Bonchev–Trinajstić information content (AvgIpc) is 3.01. The van der Waals surface area contributed by atoms with E-state index >= 15 is 0 Å². The number of carbonyl (C=O) groups excluding carboxylic acids is 1. The number of nitrogens with zero attached hydrogens (tertiary/aromatic N) is 2. The lowest BCUT2D eigenvalue weighted by Gasteiger charge is -2.34. The van der Waals surface area contributed by atoms with E-state index in [4.69, 9.17) is 4.42 Å². The smallest absolute Gasteiger partial charge is 0.259 e. The number of nitrogens with one attached hydrogen (secondary N) is 1. The number of amides is 1. The van der Waals surface area contributed by atoms with Gasteiger partial charge in [0.15, 0.2) is 5.43 Å². The van der Waals surface area contributed by atoms with Gasteiger partial charge < -0.3 is 14.3 Å². The third kappa shape index (κ3) is 3.05. The van der Waals surface area contributed by atoms with Gasteiger partial charge in [-0.05, 0) is 12.1 Å². The topological polar surface area (TPSA) is 69.6 Å². The summed E-state index contributed by atoms with van der Waals surface area (Å²) in [4.78, 5) is 30.8. The highest BCUT2D eigenvalue weighted by molar-refractivity contribution is 5.93. The lowest BCUT2D eigenvalue weighted by atomic mass is 10.2. The minimum atomic E-state index is -0.239. The van der Waals surface area contributed by atoms with Crippen LogP contribution in [0.4, 0.5) is 0 Å². The van der Waals surface area contributed by atoms with Crippen molar-refractivity contribution in [3.63, 3.8) is 0 Å². The van der Waals surface area contributed by atoms with Crippen LogP contribution in [0.3, 0.4) is 0 Å². The van der Waals surface area contributed by atoms with Gasteiger partial charge in [-0.1, -0.05) is 0 Å². The number of aromatic nitrogens is 1. The third-order valence-electron chi connectivity index (χ3n) is 3.67. The molecule has 0 radical (unpaired) electrons. The number of piperazine rings is 1. The molecule has 1 amide bonds. The number of H-pyrrole nitrogens is 1. The van der Waals surface area contributed by atoms with Crippen LogP contribution in [-0.4, -0.2) is 46.9 Å². The molecule has 1 aliphatic heterocycles. The first-order valence-corrected chi connectivity index (χ1v) is 6.95. The quantitative estimate of drug-likeness (QED) is 0.911. The second-order valence-corrected chi connectivity index (χ2v) is 5.07. The zero-order chi connectivity index (χ0) is 14.7. The lowest BCUT2D eigenvalue weighted by Crippen LogP contribution is -2.49. The van der Waals surface area contributed by atoms with Gasteiger partial charge in [-0.3, -0.25) is 14.5 Å². The molecular weight excluding hydrogens is 270 g/mol. The minimum Gasteiger partial charge on any atom is -0.468 e. The first-order valence-electron chi connectivity index (χ1n) is 6.95. The summed E-state index contributed by atoms with van der Waals surface area (Å²) in [6.07, 6.45) is 4.66. The van der Waals surface area contributed by atoms with Gasteiger partial charge in [0.25, 0.3) is 5.91 Å². The van der Waals surface area contributed by atoms with Crippen LogP contribution >= 0.6 is 0 Å². The SMILES string of the molecule is O=C(c1c[nH]ccc1=O)N1CCN(Cc2ccco2)CC1. The van der Waals surface area contributed by atoms with E-state index in [1.54, 1.807) is 11.2 Å². The molecule has 0 aliphatic carbocycles. The maximum absolute atomic E-state index is 12.3. The summed E-state index contributed by atoms with van der Waals surface area (Å²) in [5, 5.41) is 0. The fraction of sp³-hybridized carbons (Fsp3) is 0.333. The number of carbonyl (C=O) groups is 1. The van der Waals surface area contributed by atoms with Crippen molar-refractivity contribution >= 4 is 5.91 Å². The molecule has 2 aromatic heterocycles. The Labute approximate surface area is 122 Å². The Morgan fingerprint density at radius 3 is 2.71 bits per heavy atom. The van der Waals surface area contributed by atoms with Crippen LogP contribution in [0.25, 0.3) is 0 Å². The molecule has 0 unspecified atom stereocenters. The molecule has 1 fully saturated rings. The molecule has 110 valence electrons. The lowest BCUT2D eigenvalue weighted by molar-refractivity contribution is 0.0618. The van der Waals surface area contributed by atoms with Crippen LogP contribution < -0.4 is 5.43 Å². The van der Waals surface area contributed by atoms with E-state index in [1.165, 1.54) is 18.5 Å². The molecule has 0 saturated carbocycles. The van der Waals surface area contributed by atoms with Gasteiger partial charge in [-0.2, -0.15) is 0 Å². The van der Waals surface area contributed by atoms with Crippen molar-refractivity contribution in [2.24, 2.45) is 0 Å². The van der Waals surface area contributed by atoms with Crippen LogP contribution in [0, 0.1) is 0 Å². The Kier molecular flexibility index (Phi) is 3.87. The number of furan rings is 1. The maximum Gasteiger partial charge on any atom is 0.259 e. The number of hydrogen-bond donors (Lipinski definition) is 1. The maximum atomic E-state index is 12.3. The van der Waals surface area contributed by atoms with Gasteiger partial charge in [0, 0.05) is 44.6 Å². The van der Waals surface area contributed by atoms with Crippen LogP contribution in [0.15, 0.2) is 46.1 Å².